The molecule has 0 aliphatic carbocycles. The number of phenolic OH excluding ortho intramolecular Hbond substituents is 1. The zero-order valence-corrected chi connectivity index (χ0v) is 13.1. The number of rotatable bonds is 5. The molecule has 2 aromatic rings. The van der Waals surface area contributed by atoms with E-state index >= 15 is 0 Å². The van der Waals surface area contributed by atoms with E-state index in [9.17, 15) is 19.1 Å². The van der Waals surface area contributed by atoms with Gasteiger partial charge in [0.15, 0.2) is 0 Å². The van der Waals surface area contributed by atoms with Gasteiger partial charge in [0.1, 0.15) is 11.6 Å². The first-order chi connectivity index (χ1) is 11.4. The summed E-state index contributed by atoms with van der Waals surface area (Å²) in [7, 11) is 0. The Balaban J connectivity index is 1.87. The predicted octanol–water partition coefficient (Wildman–Crippen LogP) is 2.85. The lowest BCUT2D eigenvalue weighted by Gasteiger charge is -2.10. The second-order valence-corrected chi connectivity index (χ2v) is 5.18. The molecule has 0 aliphatic heterocycles. The van der Waals surface area contributed by atoms with Gasteiger partial charge >= 0.3 is 6.03 Å². The summed E-state index contributed by atoms with van der Waals surface area (Å²) in [5, 5.41) is 16.9. The summed E-state index contributed by atoms with van der Waals surface area (Å²) in [5.74, 6) is -0.810. The van der Waals surface area contributed by atoms with Crippen molar-refractivity contribution in [2.45, 2.75) is 13.3 Å². The molecule has 0 atom stereocenters. The Kier molecular flexibility index (Phi) is 5.73. The van der Waals surface area contributed by atoms with Gasteiger partial charge in [0.05, 0.1) is 5.69 Å². The largest absolute Gasteiger partial charge is 0.508 e. The van der Waals surface area contributed by atoms with Gasteiger partial charge in [-0.2, -0.15) is 0 Å². The molecule has 24 heavy (non-hydrogen) atoms. The van der Waals surface area contributed by atoms with E-state index in [0.717, 1.165) is 11.6 Å². The summed E-state index contributed by atoms with van der Waals surface area (Å²) >= 11 is 0. The van der Waals surface area contributed by atoms with Crippen molar-refractivity contribution in [2.75, 3.05) is 17.2 Å². The van der Waals surface area contributed by atoms with Gasteiger partial charge in [-0.25, -0.2) is 9.18 Å². The highest BCUT2D eigenvalue weighted by atomic mass is 19.1. The van der Waals surface area contributed by atoms with E-state index < -0.39 is 17.8 Å². The Labute approximate surface area is 138 Å². The van der Waals surface area contributed by atoms with E-state index in [1.807, 2.05) is 6.07 Å². The van der Waals surface area contributed by atoms with Crippen LogP contribution in [-0.2, 0) is 11.2 Å². The molecule has 2 rings (SSSR count). The maximum atomic E-state index is 13.5. The molecule has 0 spiro atoms. The van der Waals surface area contributed by atoms with Crippen molar-refractivity contribution in [3.8, 4) is 5.75 Å². The van der Waals surface area contributed by atoms with Crippen LogP contribution in [0.3, 0.4) is 0 Å². The lowest BCUT2D eigenvalue weighted by Crippen LogP contribution is -2.30. The number of hydrogen-bond acceptors (Lipinski definition) is 3. The van der Waals surface area contributed by atoms with Crippen LogP contribution >= 0.6 is 0 Å². The Morgan fingerprint density at radius 3 is 2.62 bits per heavy atom. The molecule has 0 heterocycles. The third kappa shape index (κ3) is 5.28. The maximum absolute atomic E-state index is 13.5. The van der Waals surface area contributed by atoms with Crippen molar-refractivity contribution in [3.63, 3.8) is 0 Å². The molecule has 0 radical (unpaired) electrons. The quantitative estimate of drug-likeness (QED) is 0.679. The standard InChI is InChI=1S/C17H18FN3O3/c1-11(22)20-16-10-13(5-6-15(16)18)21-17(24)19-8-7-12-3-2-4-14(23)9-12/h2-6,9-10,23H,7-8H2,1H3,(H,20,22)(H2,19,21,24). The second kappa shape index (κ2) is 7.96. The van der Waals surface area contributed by atoms with Gasteiger partial charge in [0, 0.05) is 19.2 Å². The number of carbonyl (C=O) groups is 2. The van der Waals surface area contributed by atoms with Crippen molar-refractivity contribution >= 4 is 23.3 Å². The minimum Gasteiger partial charge on any atom is -0.508 e. The molecule has 4 N–H and O–H groups in total. The summed E-state index contributed by atoms with van der Waals surface area (Å²) < 4.78 is 13.5. The van der Waals surface area contributed by atoms with E-state index in [0.29, 0.717) is 18.7 Å². The number of hydrogen-bond donors (Lipinski definition) is 4. The van der Waals surface area contributed by atoms with Crippen LogP contribution in [0.1, 0.15) is 12.5 Å². The average molecular weight is 331 g/mol. The van der Waals surface area contributed by atoms with Crippen LogP contribution in [0, 0.1) is 5.82 Å². The lowest BCUT2D eigenvalue weighted by molar-refractivity contribution is -0.114. The monoisotopic (exact) mass is 331 g/mol. The molecule has 2 aromatic carbocycles. The zero-order chi connectivity index (χ0) is 17.5. The molecule has 0 bridgehead atoms. The fourth-order valence-electron chi connectivity index (χ4n) is 2.10. The van der Waals surface area contributed by atoms with Crippen LogP contribution in [0.2, 0.25) is 0 Å². The van der Waals surface area contributed by atoms with Gasteiger partial charge in [-0.15, -0.1) is 0 Å². The number of carbonyl (C=O) groups excluding carboxylic acids is 2. The molecule has 0 aliphatic rings. The number of urea groups is 1. The van der Waals surface area contributed by atoms with Crippen LogP contribution < -0.4 is 16.0 Å². The van der Waals surface area contributed by atoms with Gasteiger partial charge < -0.3 is 21.1 Å². The van der Waals surface area contributed by atoms with Gasteiger partial charge in [-0.05, 0) is 42.3 Å². The van der Waals surface area contributed by atoms with E-state index in [2.05, 4.69) is 16.0 Å². The predicted molar refractivity (Wildman–Crippen MR) is 89.5 cm³/mol. The Morgan fingerprint density at radius 1 is 1.12 bits per heavy atom. The lowest BCUT2D eigenvalue weighted by atomic mass is 10.1. The summed E-state index contributed by atoms with van der Waals surface area (Å²) in [6, 6.07) is 10.2. The summed E-state index contributed by atoms with van der Waals surface area (Å²) in [6.07, 6.45) is 0.558. The highest BCUT2D eigenvalue weighted by Gasteiger charge is 2.07. The fraction of sp³-hybridized carbons (Fsp3) is 0.176. The molecule has 3 amide bonds. The number of nitrogens with one attached hydrogen (secondary N) is 3. The maximum Gasteiger partial charge on any atom is 0.319 e. The first-order valence-electron chi connectivity index (χ1n) is 7.34. The average Bonchev–Trinajstić information content (AvgIpc) is 2.50. The topological polar surface area (TPSA) is 90.5 Å². The fourth-order valence-corrected chi connectivity index (χ4v) is 2.10. The van der Waals surface area contributed by atoms with Crippen LogP contribution in [0.4, 0.5) is 20.6 Å². The molecular weight excluding hydrogens is 313 g/mol. The molecule has 126 valence electrons. The Bertz CT molecular complexity index is 750. The van der Waals surface area contributed by atoms with Crippen LogP contribution in [0.25, 0.3) is 0 Å². The molecular formula is C17H18FN3O3. The highest BCUT2D eigenvalue weighted by Crippen LogP contribution is 2.19. The summed E-state index contributed by atoms with van der Waals surface area (Å²) in [6.45, 7) is 1.64. The van der Waals surface area contributed by atoms with E-state index in [4.69, 9.17) is 0 Å². The van der Waals surface area contributed by atoms with E-state index in [-0.39, 0.29) is 11.4 Å². The van der Waals surface area contributed by atoms with Crippen molar-refractivity contribution in [3.05, 3.63) is 53.8 Å². The van der Waals surface area contributed by atoms with Crippen molar-refractivity contribution < 1.29 is 19.1 Å². The highest BCUT2D eigenvalue weighted by molar-refractivity contribution is 5.92. The first kappa shape index (κ1) is 17.3. The zero-order valence-electron chi connectivity index (χ0n) is 13.1. The van der Waals surface area contributed by atoms with E-state index in [1.165, 1.54) is 19.1 Å². The third-order valence-corrected chi connectivity index (χ3v) is 3.14. The third-order valence-electron chi connectivity index (χ3n) is 3.14. The van der Waals surface area contributed by atoms with Gasteiger partial charge in [0.2, 0.25) is 5.91 Å². The SMILES string of the molecule is CC(=O)Nc1cc(NC(=O)NCCc2cccc(O)c2)ccc1F. The van der Waals surface area contributed by atoms with Crippen molar-refractivity contribution in [1.82, 2.24) is 5.32 Å². The number of halogens is 1. The molecule has 0 saturated carbocycles. The number of benzene rings is 2. The molecule has 0 unspecified atom stereocenters. The van der Waals surface area contributed by atoms with Crippen LogP contribution in [0.5, 0.6) is 5.75 Å². The number of aromatic hydroxyl groups is 1. The van der Waals surface area contributed by atoms with Gasteiger partial charge in [-0.3, -0.25) is 4.79 Å². The summed E-state index contributed by atoms with van der Waals surface area (Å²) in [4.78, 5) is 22.8. The smallest absolute Gasteiger partial charge is 0.319 e. The molecule has 0 aromatic heterocycles. The second-order valence-electron chi connectivity index (χ2n) is 5.18. The minimum atomic E-state index is -0.583. The number of phenols is 1. The molecule has 7 heteroatoms. The van der Waals surface area contributed by atoms with Crippen molar-refractivity contribution in [2.24, 2.45) is 0 Å². The minimum absolute atomic E-state index is 0.0000563. The molecule has 6 nitrogen and oxygen atoms in total. The van der Waals surface area contributed by atoms with E-state index in [1.54, 1.807) is 18.2 Å². The molecule has 0 saturated heterocycles. The Morgan fingerprint density at radius 2 is 1.92 bits per heavy atom. The Hall–Kier alpha value is -3.09. The van der Waals surface area contributed by atoms with Crippen LogP contribution in [0.15, 0.2) is 42.5 Å². The summed E-state index contributed by atoms with van der Waals surface area (Å²) in [5.41, 5.74) is 1.25. The van der Waals surface area contributed by atoms with Crippen molar-refractivity contribution in [1.29, 1.82) is 0 Å². The van der Waals surface area contributed by atoms with Gasteiger partial charge in [-0.1, -0.05) is 12.1 Å². The number of anilines is 2. The normalized spacial score (nSPS) is 10.1. The molecule has 0 fully saturated rings. The van der Waals surface area contributed by atoms with Crippen LogP contribution in [-0.4, -0.2) is 23.6 Å². The number of amides is 3. The van der Waals surface area contributed by atoms with Gasteiger partial charge in [0.25, 0.3) is 0 Å². The first-order valence-corrected chi connectivity index (χ1v) is 7.34.